The van der Waals surface area contributed by atoms with Gasteiger partial charge in [-0.05, 0) is 56.0 Å². The van der Waals surface area contributed by atoms with Gasteiger partial charge in [0.05, 0.1) is 25.3 Å². The van der Waals surface area contributed by atoms with Gasteiger partial charge < -0.3 is 24.3 Å². The van der Waals surface area contributed by atoms with Crippen molar-refractivity contribution in [1.29, 1.82) is 0 Å². The number of hydrogen-bond acceptors (Lipinski definition) is 9. The van der Waals surface area contributed by atoms with Crippen LogP contribution in [0.5, 0.6) is 11.6 Å². The van der Waals surface area contributed by atoms with Crippen LogP contribution in [0.2, 0.25) is 0 Å². The number of benzene rings is 2. The molecule has 0 spiro atoms. The zero-order valence-electron chi connectivity index (χ0n) is 22.2. The smallest absolute Gasteiger partial charge is 0.354 e. The van der Waals surface area contributed by atoms with Crippen molar-refractivity contribution in [3.05, 3.63) is 87.6 Å². The maximum atomic E-state index is 13.4. The van der Waals surface area contributed by atoms with Gasteiger partial charge >= 0.3 is 16.1 Å². The molecule has 0 aliphatic carbocycles. The number of methoxy groups -OCH3 is 1. The maximum Gasteiger partial charge on any atom is 0.354 e. The first-order chi connectivity index (χ1) is 18.4. The van der Waals surface area contributed by atoms with Gasteiger partial charge in [0.25, 0.3) is 0 Å². The lowest BCUT2D eigenvalue weighted by molar-refractivity contribution is 0.0685. The van der Waals surface area contributed by atoms with Crippen molar-refractivity contribution in [2.24, 2.45) is 0 Å². The summed E-state index contributed by atoms with van der Waals surface area (Å²) < 4.78 is 39.5. The van der Waals surface area contributed by atoms with Gasteiger partial charge in [0.15, 0.2) is 0 Å². The minimum absolute atomic E-state index is 0.0646. The van der Waals surface area contributed by atoms with Crippen molar-refractivity contribution < 1.29 is 27.2 Å². The summed E-state index contributed by atoms with van der Waals surface area (Å²) >= 11 is 0. The Balaban J connectivity index is 1.69. The Morgan fingerprint density at radius 3 is 2.41 bits per heavy atom. The third kappa shape index (κ3) is 5.85. The van der Waals surface area contributed by atoms with Crippen molar-refractivity contribution in [2.75, 3.05) is 12.8 Å². The Kier molecular flexibility index (Phi) is 7.59. The van der Waals surface area contributed by atoms with Crippen LogP contribution in [0.15, 0.2) is 47.8 Å². The van der Waals surface area contributed by atoms with E-state index < -0.39 is 16.1 Å². The van der Waals surface area contributed by atoms with Crippen molar-refractivity contribution in [3.63, 3.8) is 0 Å². The fraction of sp³-hybridized carbons (Fsp3) is 0.259. The van der Waals surface area contributed by atoms with Gasteiger partial charge in [0.1, 0.15) is 16.3 Å². The standard InChI is InChI=1S/C27H29N5O6S/c1-15-8-16(2)24(17(3)9-15)39(35,36)38-25-21(18(4)30-27(28)31-25)11-20-7-6-19(10-23(20)37-5)13-32-14-29-12-22(32)26(33)34/h6-10,12,14H,11,13H2,1-5H3,(H,33,34)(H2,28,30,31). The fourth-order valence-corrected chi connectivity index (χ4v) is 5.95. The maximum absolute atomic E-state index is 13.4. The van der Waals surface area contributed by atoms with Gasteiger partial charge in [0, 0.05) is 18.5 Å². The molecule has 0 saturated heterocycles. The molecule has 204 valence electrons. The fourth-order valence-electron chi connectivity index (χ4n) is 4.62. The Morgan fingerprint density at radius 1 is 1.08 bits per heavy atom. The first-order valence-electron chi connectivity index (χ1n) is 11.9. The van der Waals surface area contributed by atoms with Crippen LogP contribution in [0, 0.1) is 27.7 Å². The Hall–Kier alpha value is -4.45. The number of nitrogens with two attached hydrogens (primary N) is 1. The molecule has 2 aromatic carbocycles. The lowest BCUT2D eigenvalue weighted by atomic mass is 10.0. The Bertz CT molecular complexity index is 1660. The number of nitrogen functional groups attached to an aromatic ring is 1. The van der Waals surface area contributed by atoms with Crippen LogP contribution in [0.25, 0.3) is 0 Å². The molecule has 12 heteroatoms. The molecule has 0 aliphatic heterocycles. The van der Waals surface area contributed by atoms with Gasteiger partial charge in [-0.3, -0.25) is 0 Å². The molecular formula is C27H29N5O6S. The second-order valence-electron chi connectivity index (χ2n) is 9.25. The molecule has 3 N–H and O–H groups in total. The number of nitrogens with zero attached hydrogens (tertiary/aromatic N) is 4. The van der Waals surface area contributed by atoms with Gasteiger partial charge in [-0.1, -0.05) is 29.8 Å². The molecule has 0 amide bonds. The highest BCUT2D eigenvalue weighted by Gasteiger charge is 2.26. The summed E-state index contributed by atoms with van der Waals surface area (Å²) in [6.07, 6.45) is 2.92. The zero-order chi connectivity index (χ0) is 28.5. The van der Waals surface area contributed by atoms with Gasteiger partial charge in [-0.25, -0.2) is 14.8 Å². The van der Waals surface area contributed by atoms with Crippen LogP contribution in [-0.4, -0.2) is 46.1 Å². The third-order valence-corrected chi connectivity index (χ3v) is 7.76. The summed E-state index contributed by atoms with van der Waals surface area (Å²) in [6.45, 7) is 7.29. The van der Waals surface area contributed by atoms with E-state index in [0.29, 0.717) is 33.7 Å². The summed E-state index contributed by atoms with van der Waals surface area (Å²) in [5.74, 6) is -0.834. The summed E-state index contributed by atoms with van der Waals surface area (Å²) in [4.78, 5) is 23.8. The van der Waals surface area contributed by atoms with E-state index >= 15 is 0 Å². The summed E-state index contributed by atoms with van der Waals surface area (Å²) in [5, 5.41) is 9.35. The molecule has 0 atom stereocenters. The van der Waals surface area contributed by atoms with Crippen LogP contribution in [-0.2, 0) is 23.1 Å². The topological polar surface area (TPSA) is 160 Å². The van der Waals surface area contributed by atoms with Crippen LogP contribution < -0.4 is 14.7 Å². The third-order valence-electron chi connectivity index (χ3n) is 6.24. The number of anilines is 1. The molecule has 0 fully saturated rings. The van der Waals surface area contributed by atoms with E-state index in [1.165, 1.54) is 24.2 Å². The van der Waals surface area contributed by atoms with Crippen LogP contribution in [0.4, 0.5) is 5.95 Å². The number of aryl methyl sites for hydroxylation is 4. The Morgan fingerprint density at radius 2 is 1.77 bits per heavy atom. The van der Waals surface area contributed by atoms with Crippen LogP contribution in [0.3, 0.4) is 0 Å². The quantitative estimate of drug-likeness (QED) is 0.294. The summed E-state index contributed by atoms with van der Waals surface area (Å²) in [5.41, 5.74) is 10.4. The number of carboxylic acids is 1. The zero-order valence-corrected chi connectivity index (χ0v) is 23.0. The minimum atomic E-state index is -4.24. The number of imidazole rings is 1. The average molecular weight is 552 g/mol. The second-order valence-corrected chi connectivity index (χ2v) is 10.7. The monoisotopic (exact) mass is 551 g/mol. The number of aromatic carboxylic acids is 1. The van der Waals surface area contributed by atoms with Crippen molar-refractivity contribution in [3.8, 4) is 11.6 Å². The highest BCUT2D eigenvalue weighted by molar-refractivity contribution is 7.87. The van der Waals surface area contributed by atoms with Gasteiger partial charge in [-0.2, -0.15) is 13.4 Å². The van der Waals surface area contributed by atoms with E-state index in [2.05, 4.69) is 15.0 Å². The van der Waals surface area contributed by atoms with Crippen molar-refractivity contribution in [1.82, 2.24) is 19.5 Å². The number of hydrogen-bond donors (Lipinski definition) is 2. The molecule has 4 rings (SSSR count). The molecule has 0 radical (unpaired) electrons. The van der Waals surface area contributed by atoms with Crippen molar-refractivity contribution >= 4 is 22.0 Å². The molecule has 39 heavy (non-hydrogen) atoms. The molecule has 0 saturated carbocycles. The van der Waals surface area contributed by atoms with E-state index in [1.54, 1.807) is 39.0 Å². The molecule has 2 heterocycles. The predicted molar refractivity (Wildman–Crippen MR) is 144 cm³/mol. The minimum Gasteiger partial charge on any atom is -0.496 e. The number of carboxylic acid groups (broad SMARTS) is 1. The van der Waals surface area contributed by atoms with Gasteiger partial charge in [-0.15, -0.1) is 0 Å². The second kappa shape index (κ2) is 10.7. The van der Waals surface area contributed by atoms with E-state index in [1.807, 2.05) is 19.1 Å². The lowest BCUT2D eigenvalue weighted by Crippen LogP contribution is -2.17. The summed E-state index contributed by atoms with van der Waals surface area (Å²) in [7, 11) is -2.72. The van der Waals surface area contributed by atoms with E-state index in [0.717, 1.165) is 11.1 Å². The largest absolute Gasteiger partial charge is 0.496 e. The SMILES string of the molecule is COc1cc(Cn2cncc2C(=O)O)ccc1Cc1c(C)nc(N)nc1OS(=O)(=O)c1c(C)cc(C)cc1C. The van der Waals surface area contributed by atoms with Crippen molar-refractivity contribution in [2.45, 2.75) is 45.6 Å². The van der Waals surface area contributed by atoms with E-state index in [9.17, 15) is 18.3 Å². The van der Waals surface area contributed by atoms with E-state index in [-0.39, 0.29) is 35.4 Å². The van der Waals surface area contributed by atoms with E-state index in [4.69, 9.17) is 14.7 Å². The van der Waals surface area contributed by atoms with Gasteiger partial charge in [0.2, 0.25) is 11.8 Å². The van der Waals surface area contributed by atoms with Crippen LogP contribution >= 0.6 is 0 Å². The Labute approximate surface area is 226 Å². The molecule has 0 aliphatic rings. The van der Waals surface area contributed by atoms with Crippen LogP contribution in [0.1, 0.15) is 49.6 Å². The molecule has 2 aromatic heterocycles. The molecule has 0 unspecified atom stereocenters. The first-order valence-corrected chi connectivity index (χ1v) is 13.3. The number of aromatic nitrogens is 4. The molecular weight excluding hydrogens is 522 g/mol. The first kappa shape index (κ1) is 27.6. The predicted octanol–water partition coefficient (Wildman–Crippen LogP) is 3.60. The highest BCUT2D eigenvalue weighted by Crippen LogP contribution is 2.32. The number of carbonyl (C=O) groups is 1. The molecule has 0 bridgehead atoms. The number of ether oxygens (including phenoxy) is 1. The average Bonchev–Trinajstić information content (AvgIpc) is 3.29. The molecule has 11 nitrogen and oxygen atoms in total. The highest BCUT2D eigenvalue weighted by atomic mass is 32.2. The summed E-state index contributed by atoms with van der Waals surface area (Å²) in [6, 6.07) is 8.98. The number of rotatable bonds is 9. The normalized spacial score (nSPS) is 11.4. The molecule has 4 aromatic rings. The lowest BCUT2D eigenvalue weighted by Gasteiger charge is -2.17.